The molecule has 1 aliphatic heterocycles. The summed E-state index contributed by atoms with van der Waals surface area (Å²) in [4.78, 5) is 0. The van der Waals surface area contributed by atoms with E-state index in [-0.39, 0.29) is 11.7 Å². The van der Waals surface area contributed by atoms with Crippen molar-refractivity contribution in [1.29, 1.82) is 0 Å². The predicted octanol–water partition coefficient (Wildman–Crippen LogP) is 2.43. The van der Waals surface area contributed by atoms with Crippen LogP contribution in [0.15, 0.2) is 24.3 Å². The molecular formula is C12H14O2. The van der Waals surface area contributed by atoms with Gasteiger partial charge in [0.1, 0.15) is 11.4 Å². The zero-order valence-electron chi connectivity index (χ0n) is 8.07. The third kappa shape index (κ3) is 1.07. The summed E-state index contributed by atoms with van der Waals surface area (Å²) in [5.41, 5.74) is 0.915. The Bertz CT molecular complexity index is 355. The van der Waals surface area contributed by atoms with E-state index in [1.54, 1.807) is 0 Å². The number of para-hydroxylation sites is 1. The van der Waals surface area contributed by atoms with Crippen LogP contribution >= 0.6 is 0 Å². The highest BCUT2D eigenvalue weighted by Gasteiger charge is 2.44. The van der Waals surface area contributed by atoms with Crippen molar-refractivity contribution in [2.24, 2.45) is 0 Å². The quantitative estimate of drug-likeness (QED) is 0.680. The van der Waals surface area contributed by atoms with Crippen LogP contribution in [0, 0.1) is 0 Å². The largest absolute Gasteiger partial charge is 0.487 e. The van der Waals surface area contributed by atoms with Gasteiger partial charge in [-0.1, -0.05) is 18.2 Å². The summed E-state index contributed by atoms with van der Waals surface area (Å²) in [6.07, 6.45) is 3.86. The molecule has 0 aromatic heterocycles. The topological polar surface area (TPSA) is 29.5 Å². The second kappa shape index (κ2) is 2.74. The molecule has 3 rings (SSSR count). The molecule has 14 heavy (non-hydrogen) atoms. The average molecular weight is 190 g/mol. The van der Waals surface area contributed by atoms with E-state index in [9.17, 15) is 5.11 Å². The number of hydrogen-bond donors (Lipinski definition) is 1. The number of aliphatic hydroxyl groups excluding tert-OH is 1. The van der Waals surface area contributed by atoms with E-state index in [0.717, 1.165) is 30.6 Å². The highest BCUT2D eigenvalue weighted by atomic mass is 16.5. The minimum atomic E-state index is -0.333. The third-order valence-corrected chi connectivity index (χ3v) is 3.43. The second-order valence-electron chi connectivity index (χ2n) is 4.40. The summed E-state index contributed by atoms with van der Waals surface area (Å²) in [6, 6.07) is 7.82. The number of aliphatic hydroxyl groups is 1. The van der Waals surface area contributed by atoms with Gasteiger partial charge in [-0.05, 0) is 25.3 Å². The minimum absolute atomic E-state index is 0.0340. The Morgan fingerprint density at radius 2 is 2.07 bits per heavy atom. The number of ether oxygens (including phenoxy) is 1. The molecule has 2 nitrogen and oxygen atoms in total. The normalized spacial score (nSPS) is 27.6. The SMILES string of the molecule is OC1CC2(CCC2)Oc2ccccc21. The van der Waals surface area contributed by atoms with Gasteiger partial charge in [0, 0.05) is 12.0 Å². The van der Waals surface area contributed by atoms with Gasteiger partial charge in [0.25, 0.3) is 0 Å². The van der Waals surface area contributed by atoms with Crippen molar-refractivity contribution in [3.8, 4) is 5.75 Å². The first-order chi connectivity index (χ1) is 6.79. The molecule has 1 heterocycles. The summed E-state index contributed by atoms with van der Waals surface area (Å²) < 4.78 is 5.97. The molecule has 2 aliphatic rings. The van der Waals surface area contributed by atoms with Crippen molar-refractivity contribution in [2.45, 2.75) is 37.4 Å². The first kappa shape index (κ1) is 8.30. The summed E-state index contributed by atoms with van der Waals surface area (Å²) in [6.45, 7) is 0. The van der Waals surface area contributed by atoms with E-state index in [0.29, 0.717) is 0 Å². The van der Waals surface area contributed by atoms with E-state index in [1.165, 1.54) is 6.42 Å². The van der Waals surface area contributed by atoms with Gasteiger partial charge < -0.3 is 9.84 Å². The molecule has 74 valence electrons. The van der Waals surface area contributed by atoms with Gasteiger partial charge >= 0.3 is 0 Å². The molecule has 1 spiro atoms. The molecule has 1 N–H and O–H groups in total. The molecular weight excluding hydrogens is 176 g/mol. The van der Waals surface area contributed by atoms with Crippen molar-refractivity contribution in [3.05, 3.63) is 29.8 Å². The molecule has 0 amide bonds. The Morgan fingerprint density at radius 3 is 2.79 bits per heavy atom. The predicted molar refractivity (Wildman–Crippen MR) is 53.2 cm³/mol. The Balaban J connectivity index is 2.00. The Labute approximate surface area is 83.5 Å². The van der Waals surface area contributed by atoms with E-state index < -0.39 is 0 Å². The maximum atomic E-state index is 9.98. The maximum Gasteiger partial charge on any atom is 0.125 e. The maximum absolute atomic E-state index is 9.98. The fourth-order valence-electron chi connectivity index (χ4n) is 2.46. The third-order valence-electron chi connectivity index (χ3n) is 3.43. The van der Waals surface area contributed by atoms with Crippen LogP contribution < -0.4 is 4.74 Å². The van der Waals surface area contributed by atoms with Gasteiger partial charge in [0.05, 0.1) is 6.10 Å². The van der Waals surface area contributed by atoms with Crippen molar-refractivity contribution in [2.75, 3.05) is 0 Å². The molecule has 0 radical (unpaired) electrons. The van der Waals surface area contributed by atoms with Gasteiger partial charge in [-0.25, -0.2) is 0 Å². The van der Waals surface area contributed by atoms with Crippen LogP contribution in [0.1, 0.15) is 37.4 Å². The molecule has 1 unspecified atom stereocenters. The number of fused-ring (bicyclic) bond motifs is 1. The molecule has 1 aromatic carbocycles. The van der Waals surface area contributed by atoms with Crippen LogP contribution in [0.4, 0.5) is 0 Å². The molecule has 0 bridgehead atoms. The lowest BCUT2D eigenvalue weighted by molar-refractivity contribution is -0.0663. The summed E-state index contributed by atoms with van der Waals surface area (Å²) in [5.74, 6) is 0.881. The Kier molecular flexibility index (Phi) is 1.62. The molecule has 1 fully saturated rings. The molecule has 2 heteroatoms. The van der Waals surface area contributed by atoms with Crippen LogP contribution in [-0.4, -0.2) is 10.7 Å². The Morgan fingerprint density at radius 1 is 1.29 bits per heavy atom. The zero-order valence-corrected chi connectivity index (χ0v) is 8.07. The fraction of sp³-hybridized carbons (Fsp3) is 0.500. The van der Waals surface area contributed by atoms with E-state index >= 15 is 0 Å². The smallest absolute Gasteiger partial charge is 0.125 e. The van der Waals surface area contributed by atoms with Crippen molar-refractivity contribution < 1.29 is 9.84 Å². The van der Waals surface area contributed by atoms with E-state index in [4.69, 9.17) is 4.74 Å². The van der Waals surface area contributed by atoms with Crippen LogP contribution in [-0.2, 0) is 0 Å². The summed E-state index contributed by atoms with van der Waals surface area (Å²) >= 11 is 0. The van der Waals surface area contributed by atoms with Crippen molar-refractivity contribution >= 4 is 0 Å². The highest BCUT2D eigenvalue weighted by molar-refractivity contribution is 5.38. The lowest BCUT2D eigenvalue weighted by atomic mass is 9.73. The summed E-state index contributed by atoms with van der Waals surface area (Å²) in [7, 11) is 0. The number of rotatable bonds is 0. The number of hydrogen-bond acceptors (Lipinski definition) is 2. The van der Waals surface area contributed by atoms with Crippen LogP contribution in [0.5, 0.6) is 5.75 Å². The molecule has 1 aromatic rings. The van der Waals surface area contributed by atoms with Gasteiger partial charge in [-0.3, -0.25) is 0 Å². The van der Waals surface area contributed by atoms with E-state index in [2.05, 4.69) is 0 Å². The van der Waals surface area contributed by atoms with Crippen LogP contribution in [0.2, 0.25) is 0 Å². The van der Waals surface area contributed by atoms with Crippen LogP contribution in [0.3, 0.4) is 0 Å². The Hall–Kier alpha value is -1.02. The van der Waals surface area contributed by atoms with Crippen molar-refractivity contribution in [3.63, 3.8) is 0 Å². The van der Waals surface area contributed by atoms with Gasteiger partial charge in [-0.2, -0.15) is 0 Å². The minimum Gasteiger partial charge on any atom is -0.487 e. The monoisotopic (exact) mass is 190 g/mol. The van der Waals surface area contributed by atoms with E-state index in [1.807, 2.05) is 24.3 Å². The van der Waals surface area contributed by atoms with Gasteiger partial charge in [-0.15, -0.1) is 0 Å². The summed E-state index contributed by atoms with van der Waals surface area (Å²) in [5, 5.41) is 9.98. The second-order valence-corrected chi connectivity index (χ2v) is 4.40. The molecule has 1 atom stereocenters. The van der Waals surface area contributed by atoms with Crippen LogP contribution in [0.25, 0.3) is 0 Å². The molecule has 1 aliphatic carbocycles. The number of benzene rings is 1. The lowest BCUT2D eigenvalue weighted by Gasteiger charge is -2.46. The van der Waals surface area contributed by atoms with Gasteiger partial charge in [0.2, 0.25) is 0 Å². The first-order valence-corrected chi connectivity index (χ1v) is 5.25. The standard InChI is InChI=1S/C12H14O2/c13-10-8-12(6-3-7-12)14-11-5-2-1-4-9(10)11/h1-2,4-5,10,13H,3,6-8H2. The molecule has 0 saturated heterocycles. The fourth-order valence-corrected chi connectivity index (χ4v) is 2.46. The zero-order chi connectivity index (χ0) is 9.60. The molecule has 1 saturated carbocycles. The average Bonchev–Trinajstić information content (AvgIpc) is 2.15. The first-order valence-electron chi connectivity index (χ1n) is 5.25. The van der Waals surface area contributed by atoms with Crippen molar-refractivity contribution in [1.82, 2.24) is 0 Å². The lowest BCUT2D eigenvalue weighted by Crippen LogP contribution is -2.46. The van der Waals surface area contributed by atoms with Gasteiger partial charge in [0.15, 0.2) is 0 Å². The highest BCUT2D eigenvalue weighted by Crippen LogP contribution is 2.48.